The van der Waals surface area contributed by atoms with Crippen molar-refractivity contribution in [1.29, 1.82) is 0 Å². The molecule has 1 aromatic rings. The quantitative estimate of drug-likeness (QED) is 0.550. The zero-order valence-corrected chi connectivity index (χ0v) is 17.8. The Kier molecular flexibility index (Phi) is 8.28. The Bertz CT molecular complexity index is 612. The van der Waals surface area contributed by atoms with Crippen LogP contribution in [0.3, 0.4) is 0 Å². The smallest absolute Gasteiger partial charge is 0.244 e. The predicted molar refractivity (Wildman–Crippen MR) is 117 cm³/mol. The van der Waals surface area contributed by atoms with Crippen LogP contribution in [0.2, 0.25) is 0 Å². The first-order valence-corrected chi connectivity index (χ1v) is 10.8. The number of hydrogen-bond acceptors (Lipinski definition) is 4. The topological polar surface area (TPSA) is 60.0 Å². The number of carbonyl (C=O) groups is 1. The molecule has 1 fully saturated rings. The van der Waals surface area contributed by atoms with Crippen molar-refractivity contribution in [2.75, 3.05) is 57.0 Å². The second kappa shape index (κ2) is 10.4. The Hall–Kier alpha value is -1.89. The molecule has 0 aliphatic carbocycles. The number of thioether (sulfide) groups is 1. The summed E-state index contributed by atoms with van der Waals surface area (Å²) < 4.78 is 0.119. The van der Waals surface area contributed by atoms with E-state index in [0.29, 0.717) is 5.96 Å². The molecule has 1 aliphatic rings. The lowest BCUT2D eigenvalue weighted by Crippen LogP contribution is -2.50. The van der Waals surface area contributed by atoms with Gasteiger partial charge in [0.2, 0.25) is 5.91 Å². The van der Waals surface area contributed by atoms with E-state index in [1.54, 1.807) is 0 Å². The van der Waals surface area contributed by atoms with Crippen LogP contribution in [-0.2, 0) is 4.79 Å². The Morgan fingerprint density at radius 3 is 2.41 bits per heavy atom. The van der Waals surface area contributed by atoms with E-state index in [4.69, 9.17) is 0 Å². The molecule has 1 aliphatic heterocycles. The van der Waals surface area contributed by atoms with Gasteiger partial charge in [-0.05, 0) is 39.2 Å². The average Bonchev–Trinajstić information content (AvgIpc) is 2.70. The average molecular weight is 392 g/mol. The molecule has 6 nitrogen and oxygen atoms in total. The number of anilines is 1. The third kappa shape index (κ3) is 6.97. The van der Waals surface area contributed by atoms with Crippen molar-refractivity contribution in [3.8, 4) is 0 Å². The van der Waals surface area contributed by atoms with E-state index < -0.39 is 0 Å². The molecule has 2 N–H and O–H groups in total. The van der Waals surface area contributed by atoms with Gasteiger partial charge in [-0.25, -0.2) is 4.99 Å². The fourth-order valence-electron chi connectivity index (χ4n) is 2.81. The highest BCUT2D eigenvalue weighted by atomic mass is 32.2. The summed E-state index contributed by atoms with van der Waals surface area (Å²) in [6.07, 6.45) is 2.10. The molecule has 27 heavy (non-hydrogen) atoms. The minimum atomic E-state index is 0.0871. The maximum absolute atomic E-state index is 12.5. The molecule has 7 heteroatoms. The number of benzene rings is 1. The van der Waals surface area contributed by atoms with Gasteiger partial charge in [0, 0.05) is 49.7 Å². The van der Waals surface area contributed by atoms with Crippen LogP contribution in [-0.4, -0.2) is 73.6 Å². The molecule has 1 saturated heterocycles. The Labute approximate surface area is 167 Å². The SMILES string of the molecule is CCNC(=NCC(=O)N1CCN(c2ccccc2)CC1)NCC(C)(C)SC. The number of amides is 1. The van der Waals surface area contributed by atoms with Crippen LogP contribution in [0.4, 0.5) is 5.69 Å². The van der Waals surface area contributed by atoms with Crippen molar-refractivity contribution < 1.29 is 4.79 Å². The fourth-order valence-corrected chi connectivity index (χ4v) is 3.03. The van der Waals surface area contributed by atoms with Gasteiger partial charge in [-0.15, -0.1) is 0 Å². The van der Waals surface area contributed by atoms with Crippen LogP contribution < -0.4 is 15.5 Å². The van der Waals surface area contributed by atoms with E-state index in [-0.39, 0.29) is 17.2 Å². The van der Waals surface area contributed by atoms with Crippen LogP contribution >= 0.6 is 11.8 Å². The van der Waals surface area contributed by atoms with Gasteiger partial charge in [-0.3, -0.25) is 4.79 Å². The van der Waals surface area contributed by atoms with Crippen molar-refractivity contribution >= 4 is 29.3 Å². The molecule has 0 bridgehead atoms. The number of guanidine groups is 1. The van der Waals surface area contributed by atoms with E-state index in [2.05, 4.69) is 64.9 Å². The van der Waals surface area contributed by atoms with Crippen LogP contribution in [0.1, 0.15) is 20.8 Å². The van der Waals surface area contributed by atoms with Gasteiger partial charge in [0.15, 0.2) is 5.96 Å². The van der Waals surface area contributed by atoms with Crippen molar-refractivity contribution in [1.82, 2.24) is 15.5 Å². The third-order valence-corrected chi connectivity index (χ3v) is 5.95. The van der Waals surface area contributed by atoms with Gasteiger partial charge in [0.25, 0.3) is 0 Å². The second-order valence-corrected chi connectivity index (χ2v) is 8.73. The highest BCUT2D eigenvalue weighted by molar-refractivity contribution is 7.99. The van der Waals surface area contributed by atoms with Crippen molar-refractivity contribution in [2.24, 2.45) is 4.99 Å². The largest absolute Gasteiger partial charge is 0.368 e. The number of nitrogens with one attached hydrogen (secondary N) is 2. The molecular formula is C20H33N5OS. The molecule has 0 unspecified atom stereocenters. The number of para-hydroxylation sites is 1. The minimum absolute atomic E-state index is 0.0871. The zero-order chi connectivity index (χ0) is 19.7. The summed E-state index contributed by atoms with van der Waals surface area (Å²) in [7, 11) is 0. The number of carbonyl (C=O) groups excluding carboxylic acids is 1. The zero-order valence-electron chi connectivity index (χ0n) is 17.0. The lowest BCUT2D eigenvalue weighted by molar-refractivity contribution is -0.129. The summed E-state index contributed by atoms with van der Waals surface area (Å²) in [6.45, 7) is 11.4. The summed E-state index contributed by atoms with van der Waals surface area (Å²) in [6, 6.07) is 10.4. The molecular weight excluding hydrogens is 358 g/mol. The Morgan fingerprint density at radius 1 is 1.15 bits per heavy atom. The number of piperazine rings is 1. The molecule has 0 saturated carbocycles. The van der Waals surface area contributed by atoms with Crippen LogP contribution in [0.15, 0.2) is 35.3 Å². The first-order valence-electron chi connectivity index (χ1n) is 9.60. The lowest BCUT2D eigenvalue weighted by atomic mass is 10.2. The Morgan fingerprint density at radius 2 is 1.81 bits per heavy atom. The molecule has 0 spiro atoms. The highest BCUT2D eigenvalue weighted by Gasteiger charge is 2.21. The number of hydrogen-bond donors (Lipinski definition) is 2. The molecule has 0 aromatic heterocycles. The van der Waals surface area contributed by atoms with Gasteiger partial charge >= 0.3 is 0 Å². The van der Waals surface area contributed by atoms with Gasteiger partial charge < -0.3 is 20.4 Å². The number of aliphatic imine (C=N–C) groups is 1. The normalized spacial score (nSPS) is 15.6. The predicted octanol–water partition coefficient (Wildman–Crippen LogP) is 2.03. The van der Waals surface area contributed by atoms with Crippen LogP contribution in [0.25, 0.3) is 0 Å². The van der Waals surface area contributed by atoms with Crippen LogP contribution in [0, 0.1) is 0 Å². The second-order valence-electron chi connectivity index (χ2n) is 7.22. The number of nitrogens with zero attached hydrogens (tertiary/aromatic N) is 3. The molecule has 0 radical (unpaired) electrons. The fraction of sp³-hybridized carbons (Fsp3) is 0.600. The molecule has 1 amide bonds. The maximum Gasteiger partial charge on any atom is 0.244 e. The summed E-state index contributed by atoms with van der Waals surface area (Å²) in [4.78, 5) is 21.3. The van der Waals surface area contributed by atoms with Gasteiger partial charge in [0.1, 0.15) is 6.54 Å². The summed E-state index contributed by atoms with van der Waals surface area (Å²) >= 11 is 1.81. The number of rotatable bonds is 7. The Balaban J connectivity index is 1.83. The lowest BCUT2D eigenvalue weighted by Gasteiger charge is -2.36. The van der Waals surface area contributed by atoms with Gasteiger partial charge in [0.05, 0.1) is 0 Å². The van der Waals surface area contributed by atoms with E-state index in [1.807, 2.05) is 29.7 Å². The summed E-state index contributed by atoms with van der Waals surface area (Å²) in [5.41, 5.74) is 1.22. The molecule has 150 valence electrons. The van der Waals surface area contributed by atoms with Crippen molar-refractivity contribution in [3.05, 3.63) is 30.3 Å². The highest BCUT2D eigenvalue weighted by Crippen LogP contribution is 2.19. The molecule has 1 aromatic carbocycles. The summed E-state index contributed by atoms with van der Waals surface area (Å²) in [5.74, 6) is 0.792. The van der Waals surface area contributed by atoms with Crippen molar-refractivity contribution in [3.63, 3.8) is 0 Å². The van der Waals surface area contributed by atoms with E-state index >= 15 is 0 Å². The van der Waals surface area contributed by atoms with E-state index in [1.165, 1.54) is 5.69 Å². The van der Waals surface area contributed by atoms with Crippen molar-refractivity contribution in [2.45, 2.75) is 25.5 Å². The minimum Gasteiger partial charge on any atom is -0.368 e. The molecule has 2 rings (SSSR count). The van der Waals surface area contributed by atoms with Gasteiger partial charge in [-0.2, -0.15) is 11.8 Å². The van der Waals surface area contributed by atoms with E-state index in [0.717, 1.165) is 39.3 Å². The maximum atomic E-state index is 12.5. The van der Waals surface area contributed by atoms with E-state index in [9.17, 15) is 4.79 Å². The van der Waals surface area contributed by atoms with Crippen LogP contribution in [0.5, 0.6) is 0 Å². The standard InChI is InChI=1S/C20H33N5OS/c1-5-21-19(23-16-20(2,3)27-4)22-15-18(26)25-13-11-24(12-14-25)17-9-7-6-8-10-17/h6-10H,5,11-16H2,1-4H3,(H2,21,22,23). The third-order valence-electron chi connectivity index (χ3n) is 4.70. The van der Waals surface area contributed by atoms with Gasteiger partial charge in [-0.1, -0.05) is 18.2 Å². The monoisotopic (exact) mass is 391 g/mol. The summed E-state index contributed by atoms with van der Waals surface area (Å²) in [5, 5.41) is 6.55. The molecule has 1 heterocycles. The molecule has 0 atom stereocenters. The first kappa shape index (κ1) is 21.4. The first-order chi connectivity index (χ1) is 12.9.